The number of carbonyl (C=O) groups excluding carboxylic acids is 1. The van der Waals surface area contributed by atoms with Crippen LogP contribution in [0.2, 0.25) is 0 Å². The normalized spacial score (nSPS) is 23.5. The lowest BCUT2D eigenvalue weighted by atomic mass is 9.96. The molecule has 0 bridgehead atoms. The van der Waals surface area contributed by atoms with Crippen LogP contribution in [0.1, 0.15) is 18.5 Å². The van der Waals surface area contributed by atoms with Gasteiger partial charge in [-0.15, -0.1) is 11.3 Å². The topological polar surface area (TPSA) is 127 Å². The summed E-state index contributed by atoms with van der Waals surface area (Å²) in [6.45, 7) is -0.146. The van der Waals surface area contributed by atoms with Crippen molar-refractivity contribution in [2.45, 2.75) is 42.0 Å². The average molecular weight is 536 g/mol. The van der Waals surface area contributed by atoms with E-state index < -0.39 is 39.5 Å². The number of nitrogens with one attached hydrogen (secondary N) is 1. The molecule has 2 atom stereocenters. The zero-order valence-corrected chi connectivity index (χ0v) is 20.4. The molecule has 10 nitrogen and oxygen atoms in total. The number of aromatic nitrogens is 1. The number of rotatable bonds is 8. The molecular weight excluding hydrogens is 513 g/mol. The van der Waals surface area contributed by atoms with Gasteiger partial charge in [0.05, 0.1) is 34.9 Å². The van der Waals surface area contributed by atoms with E-state index in [1.165, 1.54) is 59.9 Å². The number of thiazole rings is 1. The largest absolute Gasteiger partial charge is 0.457 e. The van der Waals surface area contributed by atoms with Crippen LogP contribution in [0.5, 0.6) is 11.5 Å². The zero-order chi connectivity index (χ0) is 25.3. The van der Waals surface area contributed by atoms with Crippen molar-refractivity contribution in [2.24, 2.45) is 0 Å². The second-order valence-electron chi connectivity index (χ2n) is 8.43. The van der Waals surface area contributed by atoms with Crippen molar-refractivity contribution in [1.29, 1.82) is 0 Å². The molecule has 1 saturated heterocycles. The van der Waals surface area contributed by atoms with Gasteiger partial charge in [0, 0.05) is 18.2 Å². The van der Waals surface area contributed by atoms with Crippen LogP contribution >= 0.6 is 11.3 Å². The number of benzene rings is 2. The van der Waals surface area contributed by atoms with E-state index in [0.717, 1.165) is 4.31 Å². The minimum atomic E-state index is -4.29. The Balaban J connectivity index is 1.49. The first kappa shape index (κ1) is 24.7. The van der Waals surface area contributed by atoms with Crippen molar-refractivity contribution in [2.75, 3.05) is 6.79 Å². The van der Waals surface area contributed by atoms with Crippen molar-refractivity contribution in [1.82, 2.24) is 14.8 Å². The van der Waals surface area contributed by atoms with Crippen LogP contribution in [0.4, 0.5) is 4.39 Å². The van der Waals surface area contributed by atoms with Crippen molar-refractivity contribution in [3.8, 4) is 11.5 Å². The number of halogens is 1. The van der Waals surface area contributed by atoms with Gasteiger partial charge < -0.3 is 14.2 Å². The van der Waals surface area contributed by atoms with Crippen molar-refractivity contribution >= 4 is 27.3 Å². The van der Waals surface area contributed by atoms with Crippen LogP contribution in [0.3, 0.4) is 0 Å². The Bertz CT molecular complexity index is 1310. The van der Waals surface area contributed by atoms with Gasteiger partial charge in [-0.1, -0.05) is 0 Å². The lowest BCUT2D eigenvalue weighted by Gasteiger charge is -2.38. The van der Waals surface area contributed by atoms with Crippen LogP contribution in [-0.2, 0) is 30.8 Å². The smallest absolute Gasteiger partial charge is 0.265 e. The fraction of sp³-hybridized carbons (Fsp3) is 0.304. The molecule has 1 aliphatic heterocycles. The van der Waals surface area contributed by atoms with E-state index in [1.807, 2.05) is 0 Å². The summed E-state index contributed by atoms with van der Waals surface area (Å²) in [4.78, 5) is 17.2. The Labute approximate surface area is 210 Å². The molecule has 1 saturated carbocycles. The molecular formula is C23H22FN3O7S2. The Hall–Kier alpha value is -2.94. The molecule has 2 aliphatic rings. The van der Waals surface area contributed by atoms with E-state index >= 15 is 0 Å². The van der Waals surface area contributed by atoms with Gasteiger partial charge in [-0.3, -0.25) is 10.0 Å². The molecule has 36 heavy (non-hydrogen) atoms. The first-order valence-electron chi connectivity index (χ1n) is 10.9. The highest BCUT2D eigenvalue weighted by molar-refractivity contribution is 7.89. The maximum absolute atomic E-state index is 14.0. The molecule has 2 unspecified atom stereocenters. The van der Waals surface area contributed by atoms with Gasteiger partial charge in [-0.05, 0) is 48.5 Å². The zero-order valence-electron chi connectivity index (χ0n) is 18.7. The average Bonchev–Trinajstić information content (AvgIpc) is 3.61. The second-order valence-corrected chi connectivity index (χ2v) is 11.0. The van der Waals surface area contributed by atoms with Crippen LogP contribution in [-0.4, -0.2) is 53.4 Å². The van der Waals surface area contributed by atoms with Crippen LogP contribution < -0.4 is 10.2 Å². The van der Waals surface area contributed by atoms with E-state index in [4.69, 9.17) is 14.2 Å². The molecule has 5 rings (SSSR count). The lowest BCUT2D eigenvalue weighted by Crippen LogP contribution is -2.59. The maximum Gasteiger partial charge on any atom is 0.265 e. The van der Waals surface area contributed by atoms with Crippen LogP contribution in [0.25, 0.3) is 0 Å². The van der Waals surface area contributed by atoms with Crippen molar-refractivity contribution in [3.63, 3.8) is 0 Å². The van der Waals surface area contributed by atoms with Crippen LogP contribution in [0.15, 0.2) is 64.3 Å². The quantitative estimate of drug-likeness (QED) is 0.333. The van der Waals surface area contributed by atoms with E-state index in [-0.39, 0.29) is 31.1 Å². The minimum Gasteiger partial charge on any atom is -0.457 e. The Morgan fingerprint density at radius 1 is 1.14 bits per heavy atom. The summed E-state index contributed by atoms with van der Waals surface area (Å²) in [6, 6.07) is 11.0. The molecule has 1 aromatic heterocycles. The van der Waals surface area contributed by atoms with Gasteiger partial charge in [0.15, 0.2) is 0 Å². The highest BCUT2D eigenvalue weighted by Gasteiger charge is 2.60. The number of sulfonamides is 1. The number of hydroxylamine groups is 1. The van der Waals surface area contributed by atoms with E-state index in [1.54, 1.807) is 16.4 Å². The van der Waals surface area contributed by atoms with E-state index in [9.17, 15) is 22.8 Å². The molecule has 0 spiro atoms. The van der Waals surface area contributed by atoms with Crippen molar-refractivity contribution in [3.05, 3.63) is 70.9 Å². The molecule has 2 N–H and O–H groups in total. The van der Waals surface area contributed by atoms with Gasteiger partial charge in [-0.2, -0.15) is 4.31 Å². The van der Waals surface area contributed by atoms with Crippen LogP contribution in [0, 0.1) is 5.82 Å². The minimum absolute atomic E-state index is 0.000805. The molecule has 190 valence electrons. The third-order valence-electron chi connectivity index (χ3n) is 6.31. The molecule has 0 radical (unpaired) electrons. The fourth-order valence-corrected chi connectivity index (χ4v) is 6.82. The molecule has 13 heteroatoms. The predicted molar refractivity (Wildman–Crippen MR) is 124 cm³/mol. The SMILES string of the molecule is O=C(NO)C1(N(Cc2cscn2)S(=O)(=O)c2ccc(Oc3ccc(F)cc3)cc2)CC2OCOC2C1. The van der Waals surface area contributed by atoms with Gasteiger partial charge in [0.25, 0.3) is 5.91 Å². The van der Waals surface area contributed by atoms with Gasteiger partial charge in [-0.25, -0.2) is 23.3 Å². The number of ether oxygens (including phenoxy) is 3. The molecule has 1 aliphatic carbocycles. The Morgan fingerprint density at radius 2 is 1.75 bits per heavy atom. The maximum atomic E-state index is 14.0. The number of amides is 1. The third-order valence-corrected chi connectivity index (χ3v) is 8.87. The van der Waals surface area contributed by atoms with Gasteiger partial charge in [0.2, 0.25) is 10.0 Å². The Morgan fingerprint density at radius 3 is 2.31 bits per heavy atom. The fourth-order valence-electron chi connectivity index (χ4n) is 4.54. The second kappa shape index (κ2) is 9.84. The summed E-state index contributed by atoms with van der Waals surface area (Å²) in [5.41, 5.74) is 1.98. The first-order chi connectivity index (χ1) is 17.3. The summed E-state index contributed by atoms with van der Waals surface area (Å²) in [6.07, 6.45) is -0.998. The number of carbonyl (C=O) groups is 1. The number of nitrogens with zero attached hydrogens (tertiary/aromatic N) is 2. The number of fused-ring (bicyclic) bond motifs is 1. The molecule has 2 fully saturated rings. The first-order valence-corrected chi connectivity index (χ1v) is 13.3. The lowest BCUT2D eigenvalue weighted by molar-refractivity contribution is -0.141. The number of hydrogen-bond donors (Lipinski definition) is 2. The summed E-state index contributed by atoms with van der Waals surface area (Å²) in [5, 5.41) is 11.3. The standard InChI is InChI=1S/C23H22FN3O7S2/c24-15-1-3-17(4-2-15)34-18-5-7-19(8-6-18)36(30,31)27(11-16-12-35-13-25-16)23(22(28)26-29)9-20-21(10-23)33-14-32-20/h1-8,12-13,20-21,29H,9-11,14H2,(H,26,28). The third kappa shape index (κ3) is 4.61. The van der Waals surface area contributed by atoms with Gasteiger partial charge >= 0.3 is 0 Å². The summed E-state index contributed by atoms with van der Waals surface area (Å²) < 4.78 is 58.9. The highest BCUT2D eigenvalue weighted by Crippen LogP contribution is 2.44. The van der Waals surface area contributed by atoms with E-state index in [2.05, 4.69) is 4.98 Å². The van der Waals surface area contributed by atoms with Crippen molar-refractivity contribution < 1.29 is 37.0 Å². The molecule has 3 aromatic rings. The predicted octanol–water partition coefficient (Wildman–Crippen LogP) is 3.04. The highest BCUT2D eigenvalue weighted by atomic mass is 32.2. The van der Waals surface area contributed by atoms with Gasteiger partial charge in [0.1, 0.15) is 29.6 Å². The summed E-state index contributed by atoms with van der Waals surface area (Å²) in [7, 11) is -4.29. The monoisotopic (exact) mass is 535 g/mol. The summed E-state index contributed by atoms with van der Waals surface area (Å²) >= 11 is 1.29. The molecule has 1 amide bonds. The molecule has 2 heterocycles. The summed E-state index contributed by atoms with van der Waals surface area (Å²) in [5.74, 6) is -0.560. The molecule has 2 aromatic carbocycles. The van der Waals surface area contributed by atoms with E-state index in [0.29, 0.717) is 17.2 Å². The number of hydrogen-bond acceptors (Lipinski definition) is 9. The Kier molecular flexibility index (Phi) is 6.76.